The highest BCUT2D eigenvalue weighted by Gasteiger charge is 2.21. The number of ether oxygens (including phenoxy) is 2. The third kappa shape index (κ3) is 6.46. The quantitative estimate of drug-likeness (QED) is 0.172. The van der Waals surface area contributed by atoms with Crippen molar-refractivity contribution in [3.63, 3.8) is 0 Å². The average molecular weight is 559 g/mol. The van der Waals surface area contributed by atoms with Gasteiger partial charge in [-0.2, -0.15) is 4.99 Å². The van der Waals surface area contributed by atoms with E-state index in [2.05, 4.69) is 25.8 Å². The summed E-state index contributed by atoms with van der Waals surface area (Å²) in [6, 6.07) is 12.4. The molecular formula is C32H38N4O5. The molecule has 0 aliphatic carbocycles. The Morgan fingerprint density at radius 1 is 1.07 bits per heavy atom. The summed E-state index contributed by atoms with van der Waals surface area (Å²) in [4.78, 5) is 49.7. The van der Waals surface area contributed by atoms with E-state index in [4.69, 9.17) is 14.5 Å². The summed E-state index contributed by atoms with van der Waals surface area (Å²) in [7, 11) is 0. The number of hydrogen-bond donors (Lipinski definition) is 0. The molecule has 0 saturated carbocycles. The van der Waals surface area contributed by atoms with Crippen molar-refractivity contribution in [2.45, 2.75) is 73.0 Å². The molecule has 3 aromatic heterocycles. The van der Waals surface area contributed by atoms with Gasteiger partial charge in [0.1, 0.15) is 16.9 Å². The molecule has 3 heterocycles. The van der Waals surface area contributed by atoms with Crippen LogP contribution in [0.4, 0.5) is 0 Å². The van der Waals surface area contributed by atoms with Gasteiger partial charge in [0.15, 0.2) is 5.49 Å². The first kappa shape index (κ1) is 29.9. The molecule has 41 heavy (non-hydrogen) atoms. The van der Waals surface area contributed by atoms with Crippen molar-refractivity contribution in [3.8, 4) is 0 Å². The molecule has 0 atom stereocenters. The molecule has 0 aliphatic heterocycles. The Bertz CT molecular complexity index is 1720. The van der Waals surface area contributed by atoms with E-state index < -0.39 is 11.9 Å². The van der Waals surface area contributed by atoms with Gasteiger partial charge >= 0.3 is 5.97 Å². The lowest BCUT2D eigenvalue weighted by molar-refractivity contribution is 0.0523. The third-order valence-electron chi connectivity index (χ3n) is 6.78. The van der Waals surface area contributed by atoms with Crippen LogP contribution < -0.4 is 11.0 Å². The van der Waals surface area contributed by atoms with E-state index in [0.717, 1.165) is 11.1 Å². The largest absolute Gasteiger partial charge is 0.462 e. The fourth-order valence-electron chi connectivity index (χ4n) is 4.59. The van der Waals surface area contributed by atoms with Crippen molar-refractivity contribution >= 4 is 28.6 Å². The Hall–Kier alpha value is -4.11. The fraction of sp³-hybridized carbons (Fsp3) is 0.406. The lowest BCUT2D eigenvalue weighted by atomic mass is 9.87. The second-order valence-corrected chi connectivity index (χ2v) is 11.3. The van der Waals surface area contributed by atoms with Crippen LogP contribution in [0.25, 0.3) is 16.7 Å². The number of fused-ring (bicyclic) bond motifs is 2. The molecule has 216 valence electrons. The van der Waals surface area contributed by atoms with Crippen LogP contribution in [0.3, 0.4) is 0 Å². The van der Waals surface area contributed by atoms with E-state index in [1.807, 2.05) is 39.0 Å². The molecule has 4 rings (SSSR count). The van der Waals surface area contributed by atoms with E-state index in [1.165, 1.54) is 10.5 Å². The Morgan fingerprint density at radius 3 is 2.41 bits per heavy atom. The summed E-state index contributed by atoms with van der Waals surface area (Å²) in [5, 5.41) is 0.224. The molecule has 0 aliphatic rings. The van der Waals surface area contributed by atoms with E-state index in [0.29, 0.717) is 36.4 Å². The number of pyridine rings is 2. The number of aromatic nitrogens is 3. The second-order valence-electron chi connectivity index (χ2n) is 11.3. The van der Waals surface area contributed by atoms with Crippen LogP contribution in [0.2, 0.25) is 0 Å². The van der Waals surface area contributed by atoms with Crippen LogP contribution in [-0.4, -0.2) is 45.1 Å². The van der Waals surface area contributed by atoms with Crippen molar-refractivity contribution < 1.29 is 19.1 Å². The summed E-state index contributed by atoms with van der Waals surface area (Å²) in [5.74, 6) is -1.19. The van der Waals surface area contributed by atoms with Crippen LogP contribution in [0.1, 0.15) is 79.8 Å². The average Bonchev–Trinajstić information content (AvgIpc) is 2.92. The number of carbonyl (C=O) groups is 2. The van der Waals surface area contributed by atoms with Crippen LogP contribution in [0.15, 0.2) is 58.4 Å². The maximum atomic E-state index is 13.6. The molecule has 4 aromatic rings. The molecule has 0 bridgehead atoms. The third-order valence-corrected chi connectivity index (χ3v) is 6.78. The number of rotatable bonds is 8. The van der Waals surface area contributed by atoms with Gasteiger partial charge in [-0.15, -0.1) is 0 Å². The fourth-order valence-corrected chi connectivity index (χ4v) is 4.59. The van der Waals surface area contributed by atoms with Gasteiger partial charge in [-0.1, -0.05) is 39.0 Å². The predicted octanol–water partition coefficient (Wildman–Crippen LogP) is 4.99. The minimum absolute atomic E-state index is 0.0234. The van der Waals surface area contributed by atoms with Gasteiger partial charge in [-0.05, 0) is 74.9 Å². The Kier molecular flexibility index (Phi) is 8.87. The molecule has 1 amide bonds. The summed E-state index contributed by atoms with van der Waals surface area (Å²) in [6.45, 7) is 14.6. The van der Waals surface area contributed by atoms with Crippen molar-refractivity contribution in [2.24, 2.45) is 4.99 Å². The first-order valence-corrected chi connectivity index (χ1v) is 14.0. The van der Waals surface area contributed by atoms with Crippen LogP contribution >= 0.6 is 0 Å². The lowest BCUT2D eigenvalue weighted by Crippen LogP contribution is -2.33. The highest BCUT2D eigenvalue weighted by Crippen LogP contribution is 2.22. The zero-order valence-corrected chi connectivity index (χ0v) is 24.9. The molecule has 0 saturated heterocycles. The normalized spacial score (nSPS) is 12.4. The predicted molar refractivity (Wildman–Crippen MR) is 158 cm³/mol. The smallest absolute Gasteiger partial charge is 0.341 e. The molecule has 0 spiro atoms. The minimum Gasteiger partial charge on any atom is -0.462 e. The Morgan fingerprint density at radius 2 is 1.78 bits per heavy atom. The maximum Gasteiger partial charge on any atom is 0.341 e. The number of nitrogens with zero attached hydrogens (tertiary/aromatic N) is 4. The Labute approximate surface area is 239 Å². The van der Waals surface area contributed by atoms with Gasteiger partial charge in [0.25, 0.3) is 11.5 Å². The highest BCUT2D eigenvalue weighted by molar-refractivity contribution is 5.97. The first-order valence-electron chi connectivity index (χ1n) is 14.0. The summed E-state index contributed by atoms with van der Waals surface area (Å²) in [6.07, 6.45) is 2.22. The molecular weight excluding hydrogens is 520 g/mol. The maximum absolute atomic E-state index is 13.6. The van der Waals surface area contributed by atoms with E-state index in [9.17, 15) is 14.4 Å². The van der Waals surface area contributed by atoms with Crippen molar-refractivity contribution in [1.29, 1.82) is 0 Å². The zero-order valence-electron chi connectivity index (χ0n) is 24.9. The van der Waals surface area contributed by atoms with E-state index in [1.54, 1.807) is 35.9 Å². The van der Waals surface area contributed by atoms with Gasteiger partial charge in [-0.25, -0.2) is 9.78 Å². The molecule has 0 radical (unpaired) electrons. The lowest BCUT2D eigenvalue weighted by Gasteiger charge is -2.18. The molecule has 9 nitrogen and oxygen atoms in total. The molecule has 1 aromatic carbocycles. The molecule has 0 unspecified atom stereocenters. The summed E-state index contributed by atoms with van der Waals surface area (Å²) >= 11 is 0. The summed E-state index contributed by atoms with van der Waals surface area (Å²) in [5.41, 5.74) is 2.80. The van der Waals surface area contributed by atoms with Gasteiger partial charge in [0.2, 0.25) is 0 Å². The van der Waals surface area contributed by atoms with Crippen molar-refractivity contribution in [2.75, 3.05) is 13.2 Å². The number of aryl methyl sites for hydroxylation is 2. The van der Waals surface area contributed by atoms with E-state index in [-0.39, 0.29) is 40.1 Å². The van der Waals surface area contributed by atoms with Crippen molar-refractivity contribution in [1.82, 2.24) is 14.0 Å². The van der Waals surface area contributed by atoms with E-state index >= 15 is 0 Å². The van der Waals surface area contributed by atoms with Gasteiger partial charge in [-0.3, -0.25) is 14.0 Å². The first-order chi connectivity index (χ1) is 19.4. The molecule has 9 heteroatoms. The topological polar surface area (TPSA) is 104 Å². The van der Waals surface area contributed by atoms with Gasteiger partial charge < -0.3 is 14.0 Å². The van der Waals surface area contributed by atoms with Gasteiger partial charge in [0, 0.05) is 24.9 Å². The molecule has 0 N–H and O–H groups in total. The zero-order chi connectivity index (χ0) is 29.9. The molecule has 0 fully saturated rings. The number of benzene rings is 1. The SMILES string of the molecule is CCOC(=O)c1cc2c(=O)n3cccc(C)c3nc2n(CCCOC(C)C)c1=NC(=O)c1ccc(C(C)(C)C)cc1. The van der Waals surface area contributed by atoms with Crippen LogP contribution in [0.5, 0.6) is 0 Å². The number of carbonyl (C=O) groups excluding carboxylic acids is 2. The van der Waals surface area contributed by atoms with Gasteiger partial charge in [0.05, 0.1) is 18.1 Å². The monoisotopic (exact) mass is 558 g/mol. The highest BCUT2D eigenvalue weighted by atomic mass is 16.5. The Balaban J connectivity index is 2.01. The standard InChI is InChI=1S/C32H38N4O5/c1-8-40-31(39)25-19-24-27(33-26-21(4)11-9-16-36(26)30(24)38)35(17-10-18-41-20(2)3)28(25)34-29(37)22-12-14-23(15-13-22)32(5,6)7/h9,11-16,19-20H,8,10,17-18H2,1-7H3. The summed E-state index contributed by atoms with van der Waals surface area (Å²) < 4.78 is 14.2. The van der Waals surface area contributed by atoms with Crippen LogP contribution in [-0.2, 0) is 21.4 Å². The van der Waals surface area contributed by atoms with Crippen molar-refractivity contribution in [3.05, 3.63) is 86.8 Å². The minimum atomic E-state index is -0.676. The number of amides is 1. The second kappa shape index (κ2) is 12.2. The van der Waals surface area contributed by atoms with Crippen LogP contribution in [0, 0.1) is 6.92 Å². The number of esters is 1. The number of hydrogen-bond acceptors (Lipinski definition) is 6.